The summed E-state index contributed by atoms with van der Waals surface area (Å²) in [6, 6.07) is 1.14. The summed E-state index contributed by atoms with van der Waals surface area (Å²) in [5.41, 5.74) is 0. The van der Waals surface area contributed by atoms with Gasteiger partial charge in [-0.1, -0.05) is 0 Å². The quantitative estimate of drug-likeness (QED) is 0.647. The highest BCUT2D eigenvalue weighted by Gasteiger charge is 2.39. The second-order valence-corrected chi connectivity index (χ2v) is 4.77. The average Bonchev–Trinajstić information content (AvgIpc) is 2.46. The molecule has 2 fully saturated rings. The molecule has 3 heteroatoms. The number of hydrogen-bond acceptors (Lipinski definition) is 3. The maximum atomic E-state index is 11.4. The lowest BCUT2D eigenvalue weighted by Crippen LogP contribution is -2.43. The number of piperidine rings is 1. The van der Waals surface area contributed by atoms with Crippen LogP contribution in [0.1, 0.15) is 38.5 Å². The zero-order valence-electron chi connectivity index (χ0n) is 9.58. The number of rotatable bonds is 5. The van der Waals surface area contributed by atoms with Crippen LogP contribution in [0.2, 0.25) is 0 Å². The van der Waals surface area contributed by atoms with Gasteiger partial charge in [0.1, 0.15) is 5.78 Å². The van der Waals surface area contributed by atoms with Gasteiger partial charge in [0.05, 0.1) is 0 Å². The maximum absolute atomic E-state index is 11.4. The topological polar surface area (TPSA) is 29.5 Å². The Hall–Kier alpha value is -0.410. The smallest absolute Gasteiger partial charge is 0.136 e. The number of ketones is 1. The van der Waals surface area contributed by atoms with Gasteiger partial charge < -0.3 is 4.74 Å². The van der Waals surface area contributed by atoms with Gasteiger partial charge in [-0.05, 0) is 32.2 Å². The van der Waals surface area contributed by atoms with Crippen LogP contribution in [0.25, 0.3) is 0 Å². The van der Waals surface area contributed by atoms with E-state index in [1.54, 1.807) is 7.11 Å². The molecule has 86 valence electrons. The number of hydrogen-bond donors (Lipinski definition) is 0. The Morgan fingerprint density at radius 3 is 2.53 bits per heavy atom. The summed E-state index contributed by atoms with van der Waals surface area (Å²) in [6.07, 6.45) is 6.43. The third-order valence-electron chi connectivity index (χ3n) is 3.71. The number of methoxy groups -OCH3 is 1. The monoisotopic (exact) mass is 211 g/mol. The summed E-state index contributed by atoms with van der Waals surface area (Å²) in [4.78, 5) is 14.0. The summed E-state index contributed by atoms with van der Waals surface area (Å²) in [7, 11) is 1.75. The highest BCUT2D eigenvalue weighted by Crippen LogP contribution is 2.33. The molecule has 2 aliphatic rings. The number of unbranched alkanes of at least 4 members (excludes halogenated alkanes) is 1. The molecule has 15 heavy (non-hydrogen) atoms. The van der Waals surface area contributed by atoms with Gasteiger partial charge in [-0.3, -0.25) is 9.69 Å². The SMILES string of the molecule is COCCCCN1C2CCC1CC(=O)C2. The molecule has 0 aromatic heterocycles. The van der Waals surface area contributed by atoms with Crippen LogP contribution in [-0.2, 0) is 9.53 Å². The first-order chi connectivity index (χ1) is 7.31. The van der Waals surface area contributed by atoms with Crippen molar-refractivity contribution in [3.63, 3.8) is 0 Å². The van der Waals surface area contributed by atoms with Gasteiger partial charge in [-0.15, -0.1) is 0 Å². The highest BCUT2D eigenvalue weighted by atomic mass is 16.5. The standard InChI is InChI=1S/C12H21NO2/c1-15-7-3-2-6-13-10-4-5-11(13)9-12(14)8-10/h10-11H,2-9H2,1H3. The van der Waals surface area contributed by atoms with Crippen molar-refractivity contribution >= 4 is 5.78 Å². The number of nitrogens with zero attached hydrogens (tertiary/aromatic N) is 1. The molecule has 2 atom stereocenters. The van der Waals surface area contributed by atoms with Crippen molar-refractivity contribution in [2.45, 2.75) is 50.6 Å². The molecule has 2 rings (SSSR count). The van der Waals surface area contributed by atoms with Gasteiger partial charge in [-0.25, -0.2) is 0 Å². The van der Waals surface area contributed by atoms with E-state index in [0.717, 1.165) is 32.4 Å². The fourth-order valence-corrected chi connectivity index (χ4v) is 2.97. The largest absolute Gasteiger partial charge is 0.385 e. The van der Waals surface area contributed by atoms with E-state index in [4.69, 9.17) is 4.74 Å². The molecule has 0 amide bonds. The second-order valence-electron chi connectivity index (χ2n) is 4.77. The highest BCUT2D eigenvalue weighted by molar-refractivity contribution is 5.80. The molecule has 0 aromatic rings. The summed E-state index contributed by atoms with van der Waals surface area (Å²) >= 11 is 0. The van der Waals surface area contributed by atoms with Crippen LogP contribution in [0, 0.1) is 0 Å². The van der Waals surface area contributed by atoms with Gasteiger partial charge >= 0.3 is 0 Å². The van der Waals surface area contributed by atoms with Crippen LogP contribution >= 0.6 is 0 Å². The van der Waals surface area contributed by atoms with E-state index in [0.29, 0.717) is 17.9 Å². The molecule has 0 aromatic carbocycles. The molecule has 0 saturated carbocycles. The first kappa shape index (κ1) is 11.1. The van der Waals surface area contributed by atoms with Crippen molar-refractivity contribution in [3.05, 3.63) is 0 Å². The molecule has 2 aliphatic heterocycles. The van der Waals surface area contributed by atoms with Crippen molar-refractivity contribution in [1.82, 2.24) is 4.90 Å². The van der Waals surface area contributed by atoms with Gasteiger partial charge in [0.15, 0.2) is 0 Å². The third-order valence-corrected chi connectivity index (χ3v) is 3.71. The first-order valence-electron chi connectivity index (χ1n) is 6.07. The van der Waals surface area contributed by atoms with Crippen molar-refractivity contribution in [3.8, 4) is 0 Å². The minimum absolute atomic E-state index is 0.482. The van der Waals surface area contributed by atoms with Gasteiger partial charge in [0.25, 0.3) is 0 Å². The molecular weight excluding hydrogens is 190 g/mol. The molecule has 0 aliphatic carbocycles. The molecule has 0 spiro atoms. The lowest BCUT2D eigenvalue weighted by atomic mass is 10.0. The van der Waals surface area contributed by atoms with Gasteiger partial charge in [0, 0.05) is 38.6 Å². The summed E-state index contributed by atoms with van der Waals surface area (Å²) < 4.78 is 5.04. The van der Waals surface area contributed by atoms with Crippen LogP contribution < -0.4 is 0 Å². The number of ether oxygens (including phenoxy) is 1. The molecule has 3 nitrogen and oxygen atoms in total. The van der Waals surface area contributed by atoms with E-state index in [-0.39, 0.29) is 0 Å². The van der Waals surface area contributed by atoms with E-state index >= 15 is 0 Å². The minimum atomic E-state index is 0.482. The third kappa shape index (κ3) is 2.58. The van der Waals surface area contributed by atoms with E-state index in [1.807, 2.05) is 0 Å². The average molecular weight is 211 g/mol. The van der Waals surface area contributed by atoms with Gasteiger partial charge in [-0.2, -0.15) is 0 Å². The minimum Gasteiger partial charge on any atom is -0.385 e. The zero-order chi connectivity index (χ0) is 10.7. The summed E-state index contributed by atoms with van der Waals surface area (Å²) in [5, 5.41) is 0. The van der Waals surface area contributed by atoms with Crippen molar-refractivity contribution in [2.24, 2.45) is 0 Å². The van der Waals surface area contributed by atoms with E-state index < -0.39 is 0 Å². The van der Waals surface area contributed by atoms with Crippen LogP contribution in [0.3, 0.4) is 0 Å². The predicted octanol–water partition coefficient (Wildman–Crippen LogP) is 1.61. The Labute approximate surface area is 91.8 Å². The Morgan fingerprint density at radius 1 is 1.27 bits per heavy atom. The Morgan fingerprint density at radius 2 is 1.93 bits per heavy atom. The number of fused-ring (bicyclic) bond motifs is 2. The molecule has 2 heterocycles. The number of Topliss-reactive ketones (excluding diaryl/α,β-unsaturated/α-hetero) is 1. The predicted molar refractivity (Wildman–Crippen MR) is 58.9 cm³/mol. The summed E-state index contributed by atoms with van der Waals surface area (Å²) in [6.45, 7) is 2.02. The van der Waals surface area contributed by atoms with Crippen molar-refractivity contribution in [2.75, 3.05) is 20.3 Å². The Kier molecular flexibility index (Phi) is 3.76. The molecule has 0 radical (unpaired) electrons. The molecule has 2 saturated heterocycles. The molecule has 2 unspecified atom stereocenters. The van der Waals surface area contributed by atoms with E-state index in [2.05, 4.69) is 4.90 Å². The van der Waals surface area contributed by atoms with Crippen LogP contribution in [0.15, 0.2) is 0 Å². The lowest BCUT2D eigenvalue weighted by Gasteiger charge is -2.33. The molecular formula is C12H21NO2. The van der Waals surface area contributed by atoms with Crippen LogP contribution in [0.4, 0.5) is 0 Å². The van der Waals surface area contributed by atoms with Crippen molar-refractivity contribution in [1.29, 1.82) is 0 Å². The first-order valence-corrected chi connectivity index (χ1v) is 6.07. The Balaban J connectivity index is 1.76. The zero-order valence-corrected chi connectivity index (χ0v) is 9.58. The normalized spacial score (nSPS) is 31.1. The fraction of sp³-hybridized carbons (Fsp3) is 0.917. The van der Waals surface area contributed by atoms with E-state index in [9.17, 15) is 4.79 Å². The number of carbonyl (C=O) groups is 1. The Bertz CT molecular complexity index is 214. The van der Waals surface area contributed by atoms with Crippen LogP contribution in [0.5, 0.6) is 0 Å². The van der Waals surface area contributed by atoms with Crippen LogP contribution in [-0.4, -0.2) is 43.0 Å². The molecule has 0 N–H and O–H groups in total. The van der Waals surface area contributed by atoms with Gasteiger partial charge in [0.2, 0.25) is 0 Å². The lowest BCUT2D eigenvalue weighted by molar-refractivity contribution is -0.123. The number of carbonyl (C=O) groups excluding carboxylic acids is 1. The van der Waals surface area contributed by atoms with E-state index in [1.165, 1.54) is 19.3 Å². The van der Waals surface area contributed by atoms with Crippen molar-refractivity contribution < 1.29 is 9.53 Å². The fourth-order valence-electron chi connectivity index (χ4n) is 2.97. The maximum Gasteiger partial charge on any atom is 0.136 e. The second kappa shape index (κ2) is 5.08. The summed E-state index contributed by atoms with van der Waals surface area (Å²) in [5.74, 6) is 0.482. The molecule has 2 bridgehead atoms.